The number of anilines is 1. The molecule has 3 N–H and O–H groups in total. The number of hydrogen-bond donors (Lipinski definition) is 2. The number of benzene rings is 1. The van der Waals surface area contributed by atoms with Gasteiger partial charge in [0.05, 0.1) is 25.8 Å². The molecule has 7 heteroatoms. The molecule has 142 valence electrons. The van der Waals surface area contributed by atoms with Crippen LogP contribution in [-0.4, -0.2) is 39.0 Å². The molecule has 1 aromatic heterocycles. The molecule has 3 rings (SSSR count). The van der Waals surface area contributed by atoms with Gasteiger partial charge in [-0.05, 0) is 51.9 Å². The van der Waals surface area contributed by atoms with Gasteiger partial charge >= 0.3 is 0 Å². The van der Waals surface area contributed by atoms with Crippen molar-refractivity contribution in [2.75, 3.05) is 11.9 Å². The van der Waals surface area contributed by atoms with Crippen LogP contribution in [0.5, 0.6) is 0 Å². The highest BCUT2D eigenvalue weighted by molar-refractivity contribution is 7.16. The zero-order chi connectivity index (χ0) is 19.7. The van der Waals surface area contributed by atoms with E-state index in [1.807, 2.05) is 31.3 Å². The molecule has 2 aromatic rings. The van der Waals surface area contributed by atoms with E-state index >= 15 is 0 Å². The normalized spacial score (nSPS) is 20.8. The number of nitrogens with zero attached hydrogens (tertiary/aromatic N) is 2. The summed E-state index contributed by atoms with van der Waals surface area (Å²) in [5.41, 5.74) is 11.2. The summed E-state index contributed by atoms with van der Waals surface area (Å²) in [7, 11) is 7.84. The van der Waals surface area contributed by atoms with Crippen molar-refractivity contribution in [1.82, 2.24) is 5.32 Å². The molecule has 1 aromatic carbocycles. The molecule has 3 atom stereocenters. The van der Waals surface area contributed by atoms with Gasteiger partial charge in [0.15, 0.2) is 0 Å². The maximum Gasteiger partial charge on any atom is 0.104 e. The van der Waals surface area contributed by atoms with E-state index in [9.17, 15) is 0 Å². The molecule has 4 nitrogen and oxygen atoms in total. The molecule has 27 heavy (non-hydrogen) atoms. The molecular formula is C20H26BClN4S. The number of aryl methyl sites for hydroxylation is 1. The van der Waals surface area contributed by atoms with Crippen LogP contribution in [0.3, 0.4) is 0 Å². The van der Waals surface area contributed by atoms with Crippen LogP contribution in [0.4, 0.5) is 5.00 Å². The summed E-state index contributed by atoms with van der Waals surface area (Å²) < 4.78 is 0. The van der Waals surface area contributed by atoms with Crippen LogP contribution >= 0.6 is 22.9 Å². The second kappa shape index (κ2) is 8.35. The predicted octanol–water partition coefficient (Wildman–Crippen LogP) is 3.87. The molecule has 0 saturated heterocycles. The fourth-order valence-corrected chi connectivity index (χ4v) is 4.91. The third-order valence-corrected chi connectivity index (χ3v) is 6.74. The summed E-state index contributed by atoms with van der Waals surface area (Å²) >= 11 is 7.89. The minimum atomic E-state index is -0.253. The zero-order valence-electron chi connectivity index (χ0n) is 16.3. The fraction of sp³-hybridized carbons (Fsp3) is 0.450. The third-order valence-electron chi connectivity index (χ3n) is 5.26. The lowest BCUT2D eigenvalue weighted by molar-refractivity contribution is 0.433. The lowest BCUT2D eigenvalue weighted by atomic mass is 9.96. The van der Waals surface area contributed by atoms with E-state index in [1.165, 1.54) is 10.4 Å². The lowest BCUT2D eigenvalue weighted by Crippen LogP contribution is -2.56. The average molecular weight is 401 g/mol. The molecule has 0 spiro atoms. The van der Waals surface area contributed by atoms with Gasteiger partial charge < -0.3 is 16.0 Å². The largest absolute Gasteiger partial charge is 0.330 e. The molecule has 0 aliphatic carbocycles. The summed E-state index contributed by atoms with van der Waals surface area (Å²) in [4.78, 5) is 8.67. The van der Waals surface area contributed by atoms with E-state index in [1.54, 1.807) is 11.3 Å². The minimum absolute atomic E-state index is 0.0799. The van der Waals surface area contributed by atoms with Crippen molar-refractivity contribution in [3.05, 3.63) is 50.9 Å². The van der Waals surface area contributed by atoms with Gasteiger partial charge in [0, 0.05) is 21.0 Å². The van der Waals surface area contributed by atoms with Crippen LogP contribution in [0.1, 0.15) is 34.9 Å². The van der Waals surface area contributed by atoms with Crippen molar-refractivity contribution < 1.29 is 0 Å². The van der Waals surface area contributed by atoms with Crippen molar-refractivity contribution in [3.63, 3.8) is 0 Å². The summed E-state index contributed by atoms with van der Waals surface area (Å²) in [5, 5.41) is 5.21. The quantitative estimate of drug-likeness (QED) is 0.749. The van der Waals surface area contributed by atoms with Gasteiger partial charge in [0.25, 0.3) is 0 Å². The van der Waals surface area contributed by atoms with Crippen LogP contribution in [0.15, 0.2) is 29.3 Å². The first-order valence-corrected chi connectivity index (χ1v) is 10.4. The van der Waals surface area contributed by atoms with E-state index in [0.717, 1.165) is 28.3 Å². The first-order valence-electron chi connectivity index (χ1n) is 9.24. The molecule has 2 radical (unpaired) electrons. The SMILES string of the molecule is [B]CCC1N=C(c2ccc(Cl)cc2)c2c(sc(C)c2C)N(C(C)NC)C1N. The molecule has 0 amide bonds. The smallest absolute Gasteiger partial charge is 0.104 e. The van der Waals surface area contributed by atoms with Gasteiger partial charge in [-0.3, -0.25) is 4.99 Å². The van der Waals surface area contributed by atoms with Crippen molar-refractivity contribution in [3.8, 4) is 0 Å². The van der Waals surface area contributed by atoms with Crippen molar-refractivity contribution in [1.29, 1.82) is 0 Å². The molecule has 1 aliphatic heterocycles. The van der Waals surface area contributed by atoms with E-state index in [0.29, 0.717) is 11.3 Å². The van der Waals surface area contributed by atoms with Crippen LogP contribution in [-0.2, 0) is 0 Å². The Hall–Kier alpha value is -1.34. The maximum atomic E-state index is 6.73. The Labute approximate surface area is 172 Å². The van der Waals surface area contributed by atoms with Gasteiger partial charge in [-0.2, -0.15) is 0 Å². The van der Waals surface area contributed by atoms with Crippen molar-refractivity contribution in [2.24, 2.45) is 10.7 Å². The number of nitrogens with one attached hydrogen (secondary N) is 1. The molecule has 2 heterocycles. The zero-order valence-corrected chi connectivity index (χ0v) is 17.9. The average Bonchev–Trinajstić information content (AvgIpc) is 2.87. The Morgan fingerprint density at radius 3 is 2.59 bits per heavy atom. The number of thiophene rings is 1. The van der Waals surface area contributed by atoms with Crippen LogP contribution in [0.25, 0.3) is 0 Å². The number of aliphatic imine (C=N–C) groups is 1. The number of nitrogens with two attached hydrogens (primary N) is 1. The highest BCUT2D eigenvalue weighted by atomic mass is 35.5. The number of rotatable bonds is 5. The highest BCUT2D eigenvalue weighted by Crippen LogP contribution is 2.41. The summed E-state index contributed by atoms with van der Waals surface area (Å²) in [5.74, 6) is 0. The first-order chi connectivity index (χ1) is 12.9. The van der Waals surface area contributed by atoms with Crippen LogP contribution in [0, 0.1) is 13.8 Å². The van der Waals surface area contributed by atoms with Gasteiger partial charge in [-0.25, -0.2) is 0 Å². The Bertz CT molecular complexity index is 833. The number of halogens is 1. The molecule has 0 fully saturated rings. The van der Waals surface area contributed by atoms with Crippen molar-refractivity contribution >= 4 is 41.5 Å². The topological polar surface area (TPSA) is 53.6 Å². The Balaban J connectivity index is 2.26. The molecule has 3 unspecified atom stereocenters. The van der Waals surface area contributed by atoms with Gasteiger partial charge in [0.2, 0.25) is 0 Å². The van der Waals surface area contributed by atoms with E-state index in [4.69, 9.17) is 30.2 Å². The van der Waals surface area contributed by atoms with Crippen molar-refractivity contribution in [2.45, 2.75) is 51.9 Å². The van der Waals surface area contributed by atoms with Crippen LogP contribution < -0.4 is 16.0 Å². The fourth-order valence-electron chi connectivity index (χ4n) is 3.50. The molecule has 1 aliphatic rings. The standard InChI is InChI=1S/C20H26BClN4S/c1-11-12(2)27-20-17(11)18(14-5-7-15(22)8-6-14)25-16(9-10-21)19(23)26(20)13(3)24-4/h5-8,13,16,19,24H,9-10,23H2,1-4H3. The van der Waals surface area contributed by atoms with Crippen LogP contribution in [0.2, 0.25) is 11.3 Å². The third kappa shape index (κ3) is 3.81. The van der Waals surface area contributed by atoms with Gasteiger partial charge in [-0.1, -0.05) is 30.1 Å². The Morgan fingerprint density at radius 2 is 2.00 bits per heavy atom. The van der Waals surface area contributed by atoms with E-state index in [-0.39, 0.29) is 18.4 Å². The van der Waals surface area contributed by atoms with E-state index in [2.05, 4.69) is 31.0 Å². The summed E-state index contributed by atoms with van der Waals surface area (Å²) in [6, 6.07) is 7.78. The Morgan fingerprint density at radius 1 is 1.33 bits per heavy atom. The summed E-state index contributed by atoms with van der Waals surface area (Å²) in [6.07, 6.45) is 1.11. The molecule has 0 bridgehead atoms. The summed E-state index contributed by atoms with van der Waals surface area (Å²) in [6.45, 7) is 6.44. The molecule has 0 saturated carbocycles. The minimum Gasteiger partial charge on any atom is -0.330 e. The number of fused-ring (bicyclic) bond motifs is 1. The first kappa shape index (κ1) is 20.4. The predicted molar refractivity (Wildman–Crippen MR) is 119 cm³/mol. The Kier molecular flexibility index (Phi) is 6.31. The van der Waals surface area contributed by atoms with Gasteiger partial charge in [-0.15, -0.1) is 11.3 Å². The maximum absolute atomic E-state index is 6.73. The molecular weight excluding hydrogens is 375 g/mol. The number of hydrogen-bond acceptors (Lipinski definition) is 5. The second-order valence-corrected chi connectivity index (χ2v) is 8.59. The highest BCUT2D eigenvalue weighted by Gasteiger charge is 2.35. The lowest BCUT2D eigenvalue weighted by Gasteiger charge is -2.37. The van der Waals surface area contributed by atoms with E-state index < -0.39 is 0 Å². The monoisotopic (exact) mass is 400 g/mol. The second-order valence-electron chi connectivity index (χ2n) is 6.96. The van der Waals surface area contributed by atoms with Gasteiger partial charge in [0.1, 0.15) is 11.2 Å².